The van der Waals surface area contributed by atoms with Gasteiger partial charge in [0.1, 0.15) is 5.69 Å². The predicted molar refractivity (Wildman–Crippen MR) is 96.7 cm³/mol. The molecule has 3 rings (SSSR count). The SMILES string of the molecule is C=CCNC(=O)c1nc(C(=O)N2CCCCC2CC)n2c1CCCC2. The summed E-state index contributed by atoms with van der Waals surface area (Å²) in [6.45, 7) is 7.71. The molecule has 3 heterocycles. The molecule has 1 aromatic rings. The van der Waals surface area contributed by atoms with Gasteiger partial charge in [-0.05, 0) is 44.9 Å². The van der Waals surface area contributed by atoms with E-state index in [4.69, 9.17) is 0 Å². The van der Waals surface area contributed by atoms with Gasteiger partial charge >= 0.3 is 0 Å². The molecule has 6 heteroatoms. The van der Waals surface area contributed by atoms with E-state index in [0.717, 1.165) is 57.3 Å². The van der Waals surface area contributed by atoms with E-state index in [1.54, 1.807) is 6.08 Å². The Morgan fingerprint density at radius 1 is 1.28 bits per heavy atom. The summed E-state index contributed by atoms with van der Waals surface area (Å²) in [5.74, 6) is 0.214. The summed E-state index contributed by atoms with van der Waals surface area (Å²) in [7, 11) is 0. The maximum Gasteiger partial charge on any atom is 0.290 e. The fraction of sp³-hybridized carbons (Fsp3) is 0.632. The molecule has 0 saturated carbocycles. The van der Waals surface area contributed by atoms with E-state index in [0.29, 0.717) is 18.1 Å². The Labute approximate surface area is 149 Å². The van der Waals surface area contributed by atoms with E-state index in [1.807, 2.05) is 9.47 Å². The van der Waals surface area contributed by atoms with Gasteiger partial charge in [0.15, 0.2) is 5.82 Å². The van der Waals surface area contributed by atoms with Crippen molar-refractivity contribution in [2.75, 3.05) is 13.1 Å². The lowest BCUT2D eigenvalue weighted by Gasteiger charge is -2.35. The predicted octanol–water partition coefficient (Wildman–Crippen LogP) is 2.54. The van der Waals surface area contributed by atoms with Gasteiger partial charge in [-0.1, -0.05) is 13.0 Å². The Kier molecular flexibility index (Phi) is 5.56. The van der Waals surface area contributed by atoms with Crippen LogP contribution in [0, 0.1) is 0 Å². The average molecular weight is 344 g/mol. The van der Waals surface area contributed by atoms with E-state index < -0.39 is 0 Å². The van der Waals surface area contributed by atoms with E-state index in [-0.39, 0.29) is 17.9 Å². The van der Waals surface area contributed by atoms with E-state index >= 15 is 0 Å². The van der Waals surface area contributed by atoms with Gasteiger partial charge in [-0.25, -0.2) is 4.98 Å². The number of carbonyl (C=O) groups excluding carboxylic acids is 2. The summed E-state index contributed by atoms with van der Waals surface area (Å²) in [6, 6.07) is 0.288. The molecule has 0 radical (unpaired) electrons. The van der Waals surface area contributed by atoms with Crippen molar-refractivity contribution in [2.24, 2.45) is 0 Å². The van der Waals surface area contributed by atoms with Crippen molar-refractivity contribution in [1.82, 2.24) is 19.8 Å². The zero-order chi connectivity index (χ0) is 17.8. The van der Waals surface area contributed by atoms with Crippen molar-refractivity contribution < 1.29 is 9.59 Å². The Balaban J connectivity index is 1.92. The highest BCUT2D eigenvalue weighted by Crippen LogP contribution is 2.25. The van der Waals surface area contributed by atoms with Gasteiger partial charge in [-0.15, -0.1) is 6.58 Å². The second-order valence-electron chi connectivity index (χ2n) is 6.89. The van der Waals surface area contributed by atoms with Crippen LogP contribution in [0.5, 0.6) is 0 Å². The third-order valence-corrected chi connectivity index (χ3v) is 5.29. The summed E-state index contributed by atoms with van der Waals surface area (Å²) in [6.07, 6.45) is 8.74. The van der Waals surface area contributed by atoms with Crippen LogP contribution in [0.15, 0.2) is 12.7 Å². The summed E-state index contributed by atoms with van der Waals surface area (Å²) < 4.78 is 1.98. The van der Waals surface area contributed by atoms with Crippen molar-refractivity contribution in [1.29, 1.82) is 0 Å². The first kappa shape index (κ1) is 17.7. The first-order valence-electron chi connectivity index (χ1n) is 9.46. The number of piperidine rings is 1. The third kappa shape index (κ3) is 3.48. The first-order chi connectivity index (χ1) is 12.2. The molecule has 1 aromatic heterocycles. The zero-order valence-corrected chi connectivity index (χ0v) is 15.1. The first-order valence-corrected chi connectivity index (χ1v) is 9.46. The second-order valence-corrected chi connectivity index (χ2v) is 6.89. The molecular weight excluding hydrogens is 316 g/mol. The average Bonchev–Trinajstić information content (AvgIpc) is 3.05. The molecule has 1 N–H and O–H groups in total. The minimum Gasteiger partial charge on any atom is -0.347 e. The normalized spacial score (nSPS) is 20.0. The Morgan fingerprint density at radius 2 is 2.08 bits per heavy atom. The van der Waals surface area contributed by atoms with Gasteiger partial charge in [0, 0.05) is 25.7 Å². The molecule has 1 saturated heterocycles. The summed E-state index contributed by atoms with van der Waals surface area (Å²) in [4.78, 5) is 32.1. The lowest BCUT2D eigenvalue weighted by Crippen LogP contribution is -2.44. The van der Waals surface area contributed by atoms with Gasteiger partial charge in [0.25, 0.3) is 11.8 Å². The highest BCUT2D eigenvalue weighted by Gasteiger charge is 2.33. The number of carbonyl (C=O) groups is 2. The van der Waals surface area contributed by atoms with Gasteiger partial charge in [-0.2, -0.15) is 0 Å². The molecule has 25 heavy (non-hydrogen) atoms. The molecule has 0 bridgehead atoms. The Morgan fingerprint density at radius 3 is 2.84 bits per heavy atom. The fourth-order valence-electron chi connectivity index (χ4n) is 3.96. The highest BCUT2D eigenvalue weighted by atomic mass is 16.2. The molecule has 0 aromatic carbocycles. The topological polar surface area (TPSA) is 67.2 Å². The van der Waals surface area contributed by atoms with E-state index in [9.17, 15) is 9.59 Å². The molecule has 0 spiro atoms. The highest BCUT2D eigenvalue weighted by molar-refractivity contribution is 5.97. The summed E-state index contributed by atoms with van der Waals surface area (Å²) in [5.41, 5.74) is 1.32. The number of imidazole rings is 1. The third-order valence-electron chi connectivity index (χ3n) is 5.29. The number of aromatic nitrogens is 2. The van der Waals surface area contributed by atoms with Crippen molar-refractivity contribution in [2.45, 2.75) is 64.5 Å². The largest absolute Gasteiger partial charge is 0.347 e. The van der Waals surface area contributed by atoms with E-state index in [2.05, 4.69) is 23.8 Å². The molecule has 2 aliphatic heterocycles. The summed E-state index contributed by atoms with van der Waals surface area (Å²) >= 11 is 0. The molecule has 6 nitrogen and oxygen atoms in total. The summed E-state index contributed by atoms with van der Waals surface area (Å²) in [5, 5.41) is 2.79. The van der Waals surface area contributed by atoms with Crippen LogP contribution in [0.25, 0.3) is 0 Å². The zero-order valence-electron chi connectivity index (χ0n) is 15.1. The number of hydrogen-bond donors (Lipinski definition) is 1. The Bertz CT molecular complexity index is 665. The van der Waals surface area contributed by atoms with Crippen molar-refractivity contribution in [3.8, 4) is 0 Å². The van der Waals surface area contributed by atoms with Crippen molar-refractivity contribution in [3.05, 3.63) is 29.9 Å². The van der Waals surface area contributed by atoms with Crippen LogP contribution in [0.2, 0.25) is 0 Å². The van der Waals surface area contributed by atoms with Gasteiger partial charge in [0.05, 0.1) is 5.69 Å². The van der Waals surface area contributed by atoms with Crippen LogP contribution < -0.4 is 5.32 Å². The van der Waals surface area contributed by atoms with Gasteiger partial charge in [-0.3, -0.25) is 9.59 Å². The number of nitrogens with zero attached hydrogens (tertiary/aromatic N) is 3. The maximum atomic E-state index is 13.2. The molecule has 2 amide bonds. The van der Waals surface area contributed by atoms with Crippen LogP contribution in [0.4, 0.5) is 0 Å². The monoisotopic (exact) mass is 344 g/mol. The second kappa shape index (κ2) is 7.85. The molecule has 1 fully saturated rings. The number of amides is 2. The van der Waals surface area contributed by atoms with Crippen LogP contribution >= 0.6 is 0 Å². The number of hydrogen-bond acceptors (Lipinski definition) is 3. The van der Waals surface area contributed by atoms with Crippen LogP contribution in [-0.2, 0) is 13.0 Å². The Hall–Kier alpha value is -2.11. The van der Waals surface area contributed by atoms with Crippen LogP contribution in [0.3, 0.4) is 0 Å². The lowest BCUT2D eigenvalue weighted by atomic mass is 10.00. The minimum absolute atomic E-state index is 0.0162. The molecule has 136 valence electrons. The standard InChI is InChI=1S/C19H28N4O2/c1-3-11-20-18(24)16-15-10-6-8-13-23(15)17(21-16)19(25)22-12-7-5-9-14(22)4-2/h3,14H,1,4-13H2,2H3,(H,20,24). The van der Waals surface area contributed by atoms with Gasteiger partial charge < -0.3 is 14.8 Å². The number of rotatable bonds is 5. The van der Waals surface area contributed by atoms with Gasteiger partial charge in [0.2, 0.25) is 0 Å². The minimum atomic E-state index is -0.213. The van der Waals surface area contributed by atoms with Crippen molar-refractivity contribution >= 4 is 11.8 Å². The molecular formula is C19H28N4O2. The van der Waals surface area contributed by atoms with Crippen LogP contribution in [-0.4, -0.2) is 45.4 Å². The quantitative estimate of drug-likeness (QED) is 0.835. The number of fused-ring (bicyclic) bond motifs is 1. The van der Waals surface area contributed by atoms with E-state index in [1.165, 1.54) is 6.42 Å². The fourth-order valence-corrected chi connectivity index (χ4v) is 3.96. The number of likely N-dealkylation sites (tertiary alicyclic amines) is 1. The molecule has 0 aliphatic carbocycles. The van der Waals surface area contributed by atoms with Crippen molar-refractivity contribution in [3.63, 3.8) is 0 Å². The number of nitrogens with one attached hydrogen (secondary N) is 1. The molecule has 1 unspecified atom stereocenters. The molecule has 2 aliphatic rings. The molecule has 1 atom stereocenters. The lowest BCUT2D eigenvalue weighted by molar-refractivity contribution is 0.0589. The maximum absolute atomic E-state index is 13.2. The smallest absolute Gasteiger partial charge is 0.290 e. The van der Waals surface area contributed by atoms with Crippen LogP contribution in [0.1, 0.15) is 72.3 Å².